The summed E-state index contributed by atoms with van der Waals surface area (Å²) in [4.78, 5) is 12.2. The van der Waals surface area contributed by atoms with E-state index in [0.29, 0.717) is 25.3 Å². The van der Waals surface area contributed by atoms with Crippen molar-refractivity contribution < 1.29 is 14.3 Å². The van der Waals surface area contributed by atoms with Crippen molar-refractivity contribution in [3.05, 3.63) is 59.2 Å². The van der Waals surface area contributed by atoms with Crippen LogP contribution in [0.15, 0.2) is 42.5 Å². The summed E-state index contributed by atoms with van der Waals surface area (Å²) in [6.45, 7) is 5.30. The number of ether oxygens (including phenoxy) is 2. The third-order valence-electron chi connectivity index (χ3n) is 4.09. The minimum Gasteiger partial charge on any atom is -0.493 e. The molecule has 0 saturated heterocycles. The van der Waals surface area contributed by atoms with Gasteiger partial charge in [0.1, 0.15) is 0 Å². The maximum atomic E-state index is 12.2. The molecule has 4 nitrogen and oxygen atoms in total. The van der Waals surface area contributed by atoms with Gasteiger partial charge in [0.05, 0.1) is 20.1 Å². The lowest BCUT2D eigenvalue weighted by Gasteiger charge is -2.12. The topological polar surface area (TPSA) is 47.6 Å². The highest BCUT2D eigenvalue weighted by molar-refractivity contribution is 5.78. The van der Waals surface area contributed by atoms with Gasteiger partial charge in [-0.05, 0) is 42.2 Å². The first-order valence-corrected chi connectivity index (χ1v) is 8.75. The Morgan fingerprint density at radius 2 is 1.92 bits per heavy atom. The molecule has 25 heavy (non-hydrogen) atoms. The molecular weight excluding hydrogens is 314 g/mol. The van der Waals surface area contributed by atoms with Crippen LogP contribution >= 0.6 is 0 Å². The first-order chi connectivity index (χ1) is 12.1. The average molecular weight is 341 g/mol. The molecule has 1 amide bonds. The van der Waals surface area contributed by atoms with Crippen molar-refractivity contribution in [3.63, 3.8) is 0 Å². The van der Waals surface area contributed by atoms with Crippen molar-refractivity contribution in [2.75, 3.05) is 13.7 Å². The second kappa shape index (κ2) is 9.72. The molecule has 0 aliphatic rings. The number of unbranched alkanes of at least 4 members (excludes halogenated alkanes) is 1. The van der Waals surface area contributed by atoms with Crippen LogP contribution in [0.4, 0.5) is 0 Å². The molecule has 0 heterocycles. The van der Waals surface area contributed by atoms with Crippen LogP contribution in [0, 0.1) is 6.92 Å². The van der Waals surface area contributed by atoms with Crippen LogP contribution in [-0.4, -0.2) is 19.6 Å². The molecule has 0 atom stereocenters. The fourth-order valence-corrected chi connectivity index (χ4v) is 2.51. The highest BCUT2D eigenvalue weighted by Gasteiger charge is 2.08. The van der Waals surface area contributed by atoms with E-state index in [1.54, 1.807) is 7.11 Å². The van der Waals surface area contributed by atoms with E-state index in [9.17, 15) is 4.79 Å². The van der Waals surface area contributed by atoms with Crippen molar-refractivity contribution in [3.8, 4) is 11.5 Å². The summed E-state index contributed by atoms with van der Waals surface area (Å²) in [5, 5.41) is 2.96. The van der Waals surface area contributed by atoms with Gasteiger partial charge < -0.3 is 14.8 Å². The van der Waals surface area contributed by atoms with E-state index >= 15 is 0 Å². The van der Waals surface area contributed by atoms with Crippen LogP contribution in [0.1, 0.15) is 36.5 Å². The Hall–Kier alpha value is -2.49. The Bertz CT molecular complexity index is 697. The molecule has 0 saturated carbocycles. The van der Waals surface area contributed by atoms with E-state index in [-0.39, 0.29) is 5.91 Å². The van der Waals surface area contributed by atoms with E-state index in [2.05, 4.69) is 12.2 Å². The van der Waals surface area contributed by atoms with E-state index in [4.69, 9.17) is 9.47 Å². The quantitative estimate of drug-likeness (QED) is 0.700. The zero-order valence-corrected chi connectivity index (χ0v) is 15.3. The Balaban J connectivity index is 1.91. The zero-order chi connectivity index (χ0) is 18.1. The molecule has 0 bridgehead atoms. The summed E-state index contributed by atoms with van der Waals surface area (Å²) in [5.74, 6) is 1.45. The summed E-state index contributed by atoms with van der Waals surface area (Å²) in [6.07, 6.45) is 2.50. The molecule has 0 aliphatic carbocycles. The highest BCUT2D eigenvalue weighted by Crippen LogP contribution is 2.28. The van der Waals surface area contributed by atoms with Crippen LogP contribution in [0.25, 0.3) is 0 Å². The van der Waals surface area contributed by atoms with Crippen LogP contribution in [0.2, 0.25) is 0 Å². The number of nitrogens with one attached hydrogen (secondary N) is 1. The maximum Gasteiger partial charge on any atom is 0.224 e. The fraction of sp³-hybridized carbons (Fsp3) is 0.381. The minimum absolute atomic E-state index is 0.0107. The number of carbonyl (C=O) groups excluding carboxylic acids is 1. The summed E-state index contributed by atoms with van der Waals surface area (Å²) in [6, 6.07) is 13.7. The first kappa shape index (κ1) is 18.8. The maximum absolute atomic E-state index is 12.2. The molecule has 0 spiro atoms. The molecule has 134 valence electrons. The van der Waals surface area contributed by atoms with Crippen molar-refractivity contribution in [2.24, 2.45) is 0 Å². The van der Waals surface area contributed by atoms with Gasteiger partial charge in [0.15, 0.2) is 11.5 Å². The van der Waals surface area contributed by atoms with Gasteiger partial charge in [-0.3, -0.25) is 4.79 Å². The predicted octanol–water partition coefficient (Wildman–Crippen LogP) is 4.04. The number of methoxy groups -OCH3 is 1. The smallest absolute Gasteiger partial charge is 0.224 e. The van der Waals surface area contributed by atoms with Gasteiger partial charge in [0.25, 0.3) is 0 Å². The van der Waals surface area contributed by atoms with Crippen molar-refractivity contribution in [1.82, 2.24) is 5.32 Å². The summed E-state index contributed by atoms with van der Waals surface area (Å²) >= 11 is 0. The minimum atomic E-state index is 0.0107. The Morgan fingerprint density at radius 1 is 1.12 bits per heavy atom. The second-order valence-electron chi connectivity index (χ2n) is 6.07. The molecular formula is C21H27NO3. The number of benzene rings is 2. The molecule has 1 N–H and O–H groups in total. The average Bonchev–Trinajstić information content (AvgIpc) is 2.62. The van der Waals surface area contributed by atoms with E-state index in [1.807, 2.05) is 49.4 Å². The molecule has 0 radical (unpaired) electrons. The molecule has 0 aliphatic heterocycles. The lowest BCUT2D eigenvalue weighted by atomic mass is 10.1. The Kier molecular flexibility index (Phi) is 7.33. The molecule has 0 unspecified atom stereocenters. The largest absolute Gasteiger partial charge is 0.493 e. The van der Waals surface area contributed by atoms with Crippen LogP contribution in [0.5, 0.6) is 11.5 Å². The van der Waals surface area contributed by atoms with Crippen molar-refractivity contribution in [2.45, 2.75) is 39.7 Å². The number of aryl methyl sites for hydroxylation is 1. The van der Waals surface area contributed by atoms with Gasteiger partial charge in [-0.15, -0.1) is 0 Å². The standard InChI is InChI=1S/C21H27NO3/c1-4-5-12-25-19-11-10-17(13-20(19)24-3)15-22-21(23)14-18-9-7-6-8-16(18)2/h6-11,13H,4-5,12,14-15H2,1-3H3,(H,22,23). The third-order valence-corrected chi connectivity index (χ3v) is 4.09. The van der Waals surface area contributed by atoms with Gasteiger partial charge in [0, 0.05) is 6.54 Å². The summed E-state index contributed by atoms with van der Waals surface area (Å²) in [5.41, 5.74) is 3.17. The van der Waals surface area contributed by atoms with Gasteiger partial charge >= 0.3 is 0 Å². The van der Waals surface area contributed by atoms with E-state index < -0.39 is 0 Å². The normalized spacial score (nSPS) is 10.4. The van der Waals surface area contributed by atoms with Gasteiger partial charge in [-0.25, -0.2) is 0 Å². The van der Waals surface area contributed by atoms with Crippen molar-refractivity contribution in [1.29, 1.82) is 0 Å². The van der Waals surface area contributed by atoms with Gasteiger partial charge in [-0.1, -0.05) is 43.7 Å². The lowest BCUT2D eigenvalue weighted by molar-refractivity contribution is -0.120. The Morgan fingerprint density at radius 3 is 2.64 bits per heavy atom. The number of carbonyl (C=O) groups is 1. The fourth-order valence-electron chi connectivity index (χ4n) is 2.51. The molecule has 0 aromatic heterocycles. The second-order valence-corrected chi connectivity index (χ2v) is 6.07. The zero-order valence-electron chi connectivity index (χ0n) is 15.3. The Labute approximate surface area is 150 Å². The molecule has 2 rings (SSSR count). The summed E-state index contributed by atoms with van der Waals surface area (Å²) < 4.78 is 11.1. The monoisotopic (exact) mass is 341 g/mol. The number of amides is 1. The van der Waals surface area contributed by atoms with Crippen LogP contribution in [0.3, 0.4) is 0 Å². The van der Waals surface area contributed by atoms with Crippen molar-refractivity contribution >= 4 is 5.91 Å². The summed E-state index contributed by atoms with van der Waals surface area (Å²) in [7, 11) is 1.63. The molecule has 4 heteroatoms. The number of hydrogen-bond donors (Lipinski definition) is 1. The van der Waals surface area contributed by atoms with Crippen LogP contribution in [-0.2, 0) is 17.8 Å². The number of hydrogen-bond acceptors (Lipinski definition) is 3. The van der Waals surface area contributed by atoms with Gasteiger partial charge in [0.2, 0.25) is 5.91 Å². The predicted molar refractivity (Wildman–Crippen MR) is 100 cm³/mol. The SMILES string of the molecule is CCCCOc1ccc(CNC(=O)Cc2ccccc2C)cc1OC. The van der Waals surface area contributed by atoms with E-state index in [0.717, 1.165) is 35.3 Å². The first-order valence-electron chi connectivity index (χ1n) is 8.75. The van der Waals surface area contributed by atoms with Gasteiger partial charge in [-0.2, -0.15) is 0 Å². The molecule has 2 aromatic rings. The highest BCUT2D eigenvalue weighted by atomic mass is 16.5. The lowest BCUT2D eigenvalue weighted by Crippen LogP contribution is -2.24. The van der Waals surface area contributed by atoms with Crippen LogP contribution < -0.4 is 14.8 Å². The van der Waals surface area contributed by atoms with E-state index in [1.165, 1.54) is 0 Å². The molecule has 0 fully saturated rings. The molecule has 2 aromatic carbocycles. The third kappa shape index (κ3) is 5.82. The number of rotatable bonds is 9.